The number of hydrogen-bond donors (Lipinski definition) is 3. The van der Waals surface area contributed by atoms with Gasteiger partial charge in [0, 0.05) is 21.3 Å². The van der Waals surface area contributed by atoms with Gasteiger partial charge in [-0.05, 0) is 42.5 Å². The van der Waals surface area contributed by atoms with Gasteiger partial charge in [0.15, 0.2) is 6.61 Å². The summed E-state index contributed by atoms with van der Waals surface area (Å²) in [6.45, 7) is -0.303. The van der Waals surface area contributed by atoms with Crippen LogP contribution < -0.4 is 25.5 Å². The molecule has 0 fully saturated rings. The fourth-order valence-corrected chi connectivity index (χ4v) is 3.35. The van der Waals surface area contributed by atoms with Crippen molar-refractivity contribution in [2.45, 2.75) is 0 Å². The normalized spacial score (nSPS) is 10.5. The van der Waals surface area contributed by atoms with Gasteiger partial charge in [-0.3, -0.25) is 14.4 Å². The SMILES string of the molecule is COc1ccccc1NC(=O)C(=O)N/N=C\c1ccccc1OCC(=O)Nc1cc(Cl)cc(Cl)c1. The van der Waals surface area contributed by atoms with E-state index < -0.39 is 17.7 Å². The number of para-hydroxylation sites is 3. The second kappa shape index (κ2) is 12.4. The third-order valence-corrected chi connectivity index (χ3v) is 4.79. The van der Waals surface area contributed by atoms with Crippen molar-refractivity contribution in [1.82, 2.24) is 5.43 Å². The molecule has 0 aromatic heterocycles. The first-order valence-electron chi connectivity index (χ1n) is 10.1. The number of hydrazone groups is 1. The van der Waals surface area contributed by atoms with E-state index in [1.54, 1.807) is 66.7 Å². The second-order valence-corrected chi connectivity index (χ2v) is 7.76. The summed E-state index contributed by atoms with van der Waals surface area (Å²) in [5.41, 5.74) is 3.39. The van der Waals surface area contributed by atoms with Gasteiger partial charge in [0.25, 0.3) is 5.91 Å². The molecule has 0 saturated carbocycles. The molecule has 0 aliphatic heterocycles. The van der Waals surface area contributed by atoms with Gasteiger partial charge >= 0.3 is 11.8 Å². The van der Waals surface area contributed by atoms with Gasteiger partial charge in [0.2, 0.25) is 0 Å². The van der Waals surface area contributed by atoms with Crippen LogP contribution in [0.4, 0.5) is 11.4 Å². The number of hydrogen-bond acceptors (Lipinski definition) is 6. The number of rotatable bonds is 8. The zero-order chi connectivity index (χ0) is 25.2. The minimum atomic E-state index is -0.981. The Labute approximate surface area is 211 Å². The Kier molecular flexibility index (Phi) is 9.05. The molecule has 0 aliphatic rings. The highest BCUT2D eigenvalue weighted by molar-refractivity contribution is 6.39. The molecule has 180 valence electrons. The molecular formula is C24H20Cl2N4O5. The predicted octanol–water partition coefficient (Wildman–Crippen LogP) is 4.11. The van der Waals surface area contributed by atoms with E-state index in [4.69, 9.17) is 32.7 Å². The van der Waals surface area contributed by atoms with Gasteiger partial charge in [-0.25, -0.2) is 5.43 Å². The zero-order valence-electron chi connectivity index (χ0n) is 18.4. The van der Waals surface area contributed by atoms with E-state index in [-0.39, 0.29) is 6.61 Å². The van der Waals surface area contributed by atoms with Crippen molar-refractivity contribution in [2.24, 2.45) is 5.10 Å². The molecule has 3 aromatic rings. The topological polar surface area (TPSA) is 118 Å². The number of ether oxygens (including phenoxy) is 2. The molecule has 11 heteroatoms. The molecule has 9 nitrogen and oxygen atoms in total. The lowest BCUT2D eigenvalue weighted by Gasteiger charge is -2.10. The summed E-state index contributed by atoms with van der Waals surface area (Å²) < 4.78 is 10.7. The van der Waals surface area contributed by atoms with Crippen LogP contribution in [0.5, 0.6) is 11.5 Å². The summed E-state index contributed by atoms with van der Waals surface area (Å²) in [4.78, 5) is 36.4. The van der Waals surface area contributed by atoms with E-state index in [0.29, 0.717) is 38.5 Å². The quantitative estimate of drug-likeness (QED) is 0.237. The van der Waals surface area contributed by atoms with E-state index in [1.165, 1.54) is 13.3 Å². The van der Waals surface area contributed by atoms with Crippen molar-refractivity contribution in [3.8, 4) is 11.5 Å². The fraction of sp³-hybridized carbons (Fsp3) is 0.0833. The first-order valence-corrected chi connectivity index (χ1v) is 10.9. The minimum Gasteiger partial charge on any atom is -0.495 e. The number of carbonyl (C=O) groups is 3. The van der Waals surface area contributed by atoms with Gasteiger partial charge in [-0.15, -0.1) is 0 Å². The molecule has 0 radical (unpaired) electrons. The largest absolute Gasteiger partial charge is 0.495 e. The third-order valence-electron chi connectivity index (χ3n) is 4.36. The van der Waals surface area contributed by atoms with Crippen LogP contribution >= 0.6 is 23.2 Å². The highest BCUT2D eigenvalue weighted by Crippen LogP contribution is 2.23. The van der Waals surface area contributed by atoms with Crippen LogP contribution in [0.2, 0.25) is 10.0 Å². The molecule has 0 spiro atoms. The Balaban J connectivity index is 1.55. The van der Waals surface area contributed by atoms with E-state index in [1.807, 2.05) is 0 Å². The number of anilines is 2. The first kappa shape index (κ1) is 25.5. The molecule has 0 bridgehead atoms. The zero-order valence-corrected chi connectivity index (χ0v) is 19.9. The lowest BCUT2D eigenvalue weighted by molar-refractivity contribution is -0.136. The smallest absolute Gasteiger partial charge is 0.329 e. The Morgan fingerprint density at radius 2 is 1.54 bits per heavy atom. The van der Waals surface area contributed by atoms with Crippen molar-refractivity contribution >= 4 is 58.5 Å². The molecule has 3 N–H and O–H groups in total. The van der Waals surface area contributed by atoms with Crippen molar-refractivity contribution in [2.75, 3.05) is 24.4 Å². The summed E-state index contributed by atoms with van der Waals surface area (Å²) in [5.74, 6) is -1.59. The summed E-state index contributed by atoms with van der Waals surface area (Å²) >= 11 is 11.9. The van der Waals surface area contributed by atoms with Gasteiger partial charge in [-0.1, -0.05) is 47.5 Å². The fourth-order valence-electron chi connectivity index (χ4n) is 2.82. The first-order chi connectivity index (χ1) is 16.9. The maximum atomic E-state index is 12.2. The number of carbonyl (C=O) groups excluding carboxylic acids is 3. The predicted molar refractivity (Wildman–Crippen MR) is 134 cm³/mol. The van der Waals surface area contributed by atoms with Crippen LogP contribution in [-0.2, 0) is 14.4 Å². The molecule has 0 saturated heterocycles. The molecule has 0 aliphatic carbocycles. The molecule has 3 amide bonds. The second-order valence-electron chi connectivity index (χ2n) is 6.89. The van der Waals surface area contributed by atoms with E-state index >= 15 is 0 Å². The van der Waals surface area contributed by atoms with Crippen molar-refractivity contribution < 1.29 is 23.9 Å². The number of amides is 3. The van der Waals surface area contributed by atoms with Gasteiger partial charge in [0.05, 0.1) is 19.0 Å². The van der Waals surface area contributed by atoms with Crippen LogP contribution in [0.1, 0.15) is 5.56 Å². The summed E-state index contributed by atoms with van der Waals surface area (Å²) in [7, 11) is 1.45. The van der Waals surface area contributed by atoms with Gasteiger partial charge < -0.3 is 20.1 Å². The van der Waals surface area contributed by atoms with Gasteiger partial charge in [-0.2, -0.15) is 5.10 Å². The molecule has 0 atom stereocenters. The molecular weight excluding hydrogens is 495 g/mol. The van der Waals surface area contributed by atoms with Crippen LogP contribution in [0.15, 0.2) is 71.8 Å². The van der Waals surface area contributed by atoms with Crippen LogP contribution in [-0.4, -0.2) is 37.7 Å². The Hall–Kier alpha value is -4.08. The molecule has 3 rings (SSSR count). The van der Waals surface area contributed by atoms with E-state index in [2.05, 4.69) is 21.2 Å². The highest BCUT2D eigenvalue weighted by Gasteiger charge is 2.15. The molecule has 3 aromatic carbocycles. The van der Waals surface area contributed by atoms with Crippen molar-refractivity contribution in [1.29, 1.82) is 0 Å². The average Bonchev–Trinajstić information content (AvgIpc) is 2.83. The van der Waals surface area contributed by atoms with Crippen LogP contribution in [0.25, 0.3) is 0 Å². The third kappa shape index (κ3) is 7.73. The lowest BCUT2D eigenvalue weighted by atomic mass is 10.2. The maximum Gasteiger partial charge on any atom is 0.329 e. The monoisotopic (exact) mass is 514 g/mol. The van der Waals surface area contributed by atoms with Crippen LogP contribution in [0.3, 0.4) is 0 Å². The lowest BCUT2D eigenvalue weighted by Crippen LogP contribution is -2.32. The Morgan fingerprint density at radius 3 is 2.26 bits per heavy atom. The Morgan fingerprint density at radius 1 is 0.886 bits per heavy atom. The van der Waals surface area contributed by atoms with E-state index in [0.717, 1.165) is 0 Å². The number of nitrogens with zero attached hydrogens (tertiary/aromatic N) is 1. The maximum absolute atomic E-state index is 12.2. The Bertz CT molecular complexity index is 1250. The summed E-state index contributed by atoms with van der Waals surface area (Å²) in [5, 5.41) is 9.64. The minimum absolute atomic E-state index is 0.303. The number of methoxy groups -OCH3 is 1. The summed E-state index contributed by atoms with van der Waals surface area (Å²) in [6.07, 6.45) is 1.29. The van der Waals surface area contributed by atoms with Crippen molar-refractivity contribution in [3.63, 3.8) is 0 Å². The standard InChI is InChI=1S/C24H20Cl2N4O5/c1-34-21-9-5-3-7-19(21)29-23(32)24(33)30-27-13-15-6-2-4-8-20(15)35-14-22(31)28-18-11-16(25)10-17(26)12-18/h2-13H,14H2,1H3,(H,28,31)(H,29,32)(H,30,33)/b27-13-. The van der Waals surface area contributed by atoms with Crippen LogP contribution in [0, 0.1) is 0 Å². The number of benzene rings is 3. The van der Waals surface area contributed by atoms with Gasteiger partial charge in [0.1, 0.15) is 11.5 Å². The average molecular weight is 515 g/mol. The molecule has 0 unspecified atom stereocenters. The number of nitrogens with one attached hydrogen (secondary N) is 3. The summed E-state index contributed by atoms with van der Waals surface area (Å²) in [6, 6.07) is 18.0. The molecule has 0 heterocycles. The molecule has 35 heavy (non-hydrogen) atoms. The number of halogens is 2. The van der Waals surface area contributed by atoms with E-state index in [9.17, 15) is 14.4 Å². The highest BCUT2D eigenvalue weighted by atomic mass is 35.5. The van der Waals surface area contributed by atoms with Crippen molar-refractivity contribution in [3.05, 3.63) is 82.3 Å².